The fourth-order valence-electron chi connectivity index (χ4n) is 5.57. The molecule has 0 aliphatic heterocycles. The fourth-order valence-corrected chi connectivity index (χ4v) is 5.57. The van der Waals surface area contributed by atoms with Crippen LogP contribution in [-0.2, 0) is 19.3 Å². The number of unbranched alkanes of at least 4 members (excludes halogenated alkanes) is 2. The van der Waals surface area contributed by atoms with Crippen molar-refractivity contribution in [2.45, 2.75) is 51.6 Å². The van der Waals surface area contributed by atoms with Crippen molar-refractivity contribution in [2.24, 2.45) is 0 Å². The summed E-state index contributed by atoms with van der Waals surface area (Å²) in [5.41, 5.74) is -1.24. The lowest BCUT2D eigenvalue weighted by atomic mass is 9.95. The van der Waals surface area contributed by atoms with E-state index in [0.717, 1.165) is 73.2 Å². The van der Waals surface area contributed by atoms with Crippen LogP contribution in [0.25, 0.3) is 33.0 Å². The van der Waals surface area contributed by atoms with Crippen LogP contribution in [0, 0.1) is 52.6 Å². The summed E-state index contributed by atoms with van der Waals surface area (Å²) in [5, 5.41) is -0.499. The van der Waals surface area contributed by atoms with Gasteiger partial charge in [0.1, 0.15) is 40.7 Å². The molecule has 10 heteroatoms. The van der Waals surface area contributed by atoms with Gasteiger partial charge in [-0.1, -0.05) is 50.0 Å². The minimum atomic E-state index is -4.98. The summed E-state index contributed by atoms with van der Waals surface area (Å²) in [6, 6.07) is 12.4. The predicted molar refractivity (Wildman–Crippen MR) is 165 cm³/mol. The molecule has 0 radical (unpaired) electrons. The molecule has 0 heterocycles. The molecule has 48 heavy (non-hydrogen) atoms. The zero-order valence-corrected chi connectivity index (χ0v) is 25.4. The van der Waals surface area contributed by atoms with Gasteiger partial charge in [-0.3, -0.25) is 0 Å². The van der Waals surface area contributed by atoms with Gasteiger partial charge in [0.15, 0.2) is 0 Å². The van der Waals surface area contributed by atoms with Gasteiger partial charge in [0, 0.05) is 22.4 Å². The first-order chi connectivity index (χ1) is 22.8. The summed E-state index contributed by atoms with van der Waals surface area (Å²) in [4.78, 5) is 0. The Balaban J connectivity index is 1.36. The second-order valence-corrected chi connectivity index (χ2v) is 11.4. The highest BCUT2D eigenvalue weighted by atomic mass is 19.4. The van der Waals surface area contributed by atoms with E-state index in [-0.39, 0.29) is 51.4 Å². The Morgan fingerprint density at radius 2 is 1.25 bits per heavy atom. The van der Waals surface area contributed by atoms with Gasteiger partial charge in [0.25, 0.3) is 0 Å². The van der Waals surface area contributed by atoms with E-state index in [1.807, 2.05) is 0 Å². The van der Waals surface area contributed by atoms with Gasteiger partial charge in [0.2, 0.25) is 0 Å². The minimum Gasteiger partial charge on any atom is -0.207 e. The monoisotopic (exact) mass is 672 g/mol. The first-order valence-electron chi connectivity index (χ1n) is 15.0. The SMILES string of the molecule is CCCCCc1ccc(-c2cc(F)c(CCc3cc(F)c(-c4ccc5c(F)c(C#CC(F)(F)F)c(F)cc5c4)c(F)c3)c(F)c2)c(F)c1. The molecule has 0 unspecified atom stereocenters. The Morgan fingerprint density at radius 1 is 0.583 bits per heavy atom. The maximum Gasteiger partial charge on any atom is 0.458 e. The quantitative estimate of drug-likeness (QED) is 0.0831. The number of rotatable bonds is 9. The predicted octanol–water partition coefficient (Wildman–Crippen LogP) is 11.6. The van der Waals surface area contributed by atoms with Gasteiger partial charge in [-0.25, -0.2) is 30.7 Å². The average molecular weight is 673 g/mol. The maximum absolute atomic E-state index is 15.2. The van der Waals surface area contributed by atoms with E-state index in [4.69, 9.17) is 0 Å². The normalized spacial score (nSPS) is 11.6. The molecule has 0 fully saturated rings. The topological polar surface area (TPSA) is 0 Å². The number of halogens is 10. The van der Waals surface area contributed by atoms with Gasteiger partial charge in [-0.2, -0.15) is 13.2 Å². The lowest BCUT2D eigenvalue weighted by Gasteiger charge is -2.12. The van der Waals surface area contributed by atoms with E-state index in [1.54, 1.807) is 6.07 Å². The minimum absolute atomic E-state index is 0.00779. The number of benzene rings is 5. The standard InChI is InChI=1S/C38H26F10/c1-2-3-4-5-21-6-9-26(30(39)14-21)25-19-31(40)28(32(41)20-25)10-7-22-15-34(43)36(35(44)16-22)23-8-11-27-24(17-23)18-33(42)29(37(27)45)12-13-38(46,47)48/h6,8-9,11,14-20H,2-5,7,10H2,1H3. The lowest BCUT2D eigenvalue weighted by molar-refractivity contribution is -0.0696. The zero-order valence-electron chi connectivity index (χ0n) is 25.4. The van der Waals surface area contributed by atoms with Crippen LogP contribution in [0.15, 0.2) is 66.7 Å². The molecular formula is C38H26F10. The summed E-state index contributed by atoms with van der Waals surface area (Å²) in [6.45, 7) is 2.05. The van der Waals surface area contributed by atoms with Gasteiger partial charge in [-0.15, -0.1) is 0 Å². The highest BCUT2D eigenvalue weighted by molar-refractivity contribution is 5.89. The fraction of sp³-hybridized carbons (Fsp3) is 0.211. The number of alkyl halides is 3. The van der Waals surface area contributed by atoms with Crippen molar-refractivity contribution in [3.05, 3.63) is 130 Å². The van der Waals surface area contributed by atoms with Gasteiger partial charge >= 0.3 is 6.18 Å². The molecule has 0 bridgehead atoms. The number of fused-ring (bicyclic) bond motifs is 1. The molecule has 0 nitrogen and oxygen atoms in total. The number of hydrogen-bond donors (Lipinski definition) is 0. The number of hydrogen-bond acceptors (Lipinski definition) is 0. The van der Waals surface area contributed by atoms with E-state index >= 15 is 17.6 Å². The molecule has 0 aliphatic carbocycles. The Bertz CT molecular complexity index is 2020. The van der Waals surface area contributed by atoms with Crippen LogP contribution in [0.5, 0.6) is 0 Å². The summed E-state index contributed by atoms with van der Waals surface area (Å²) >= 11 is 0. The third-order valence-corrected chi connectivity index (χ3v) is 7.97. The Kier molecular flexibility index (Phi) is 10.2. The summed E-state index contributed by atoms with van der Waals surface area (Å²) in [5.74, 6) is -5.16. The summed E-state index contributed by atoms with van der Waals surface area (Å²) in [6.07, 6.45) is -1.83. The van der Waals surface area contributed by atoms with E-state index < -0.39 is 58.0 Å². The Hall–Kier alpha value is -4.78. The van der Waals surface area contributed by atoms with Crippen molar-refractivity contribution < 1.29 is 43.9 Å². The van der Waals surface area contributed by atoms with Gasteiger partial charge in [-0.05, 0) is 95.8 Å². The molecule has 0 saturated heterocycles. The average Bonchev–Trinajstić information content (AvgIpc) is 2.99. The van der Waals surface area contributed by atoms with Crippen LogP contribution in [0.2, 0.25) is 0 Å². The first kappa shape index (κ1) is 34.6. The van der Waals surface area contributed by atoms with Crippen LogP contribution in [0.4, 0.5) is 43.9 Å². The van der Waals surface area contributed by atoms with Gasteiger partial charge < -0.3 is 0 Å². The van der Waals surface area contributed by atoms with Gasteiger partial charge in [0.05, 0.1) is 11.1 Å². The lowest BCUT2D eigenvalue weighted by Crippen LogP contribution is -2.03. The summed E-state index contributed by atoms with van der Waals surface area (Å²) < 4.78 is 142. The van der Waals surface area contributed by atoms with E-state index in [9.17, 15) is 26.3 Å². The Labute approximate surface area is 270 Å². The molecule has 5 aromatic rings. The third-order valence-electron chi connectivity index (χ3n) is 7.97. The van der Waals surface area contributed by atoms with Crippen LogP contribution >= 0.6 is 0 Å². The van der Waals surface area contributed by atoms with Crippen molar-refractivity contribution in [3.63, 3.8) is 0 Å². The van der Waals surface area contributed by atoms with E-state index in [0.29, 0.717) is 12.5 Å². The number of aryl methyl sites for hydroxylation is 2. The highest BCUT2D eigenvalue weighted by Crippen LogP contribution is 2.33. The Morgan fingerprint density at radius 3 is 1.88 bits per heavy atom. The van der Waals surface area contributed by atoms with Crippen LogP contribution < -0.4 is 0 Å². The van der Waals surface area contributed by atoms with E-state index in [2.05, 4.69) is 6.92 Å². The molecular weight excluding hydrogens is 646 g/mol. The van der Waals surface area contributed by atoms with Crippen LogP contribution in [0.1, 0.15) is 48.4 Å². The molecule has 5 aromatic carbocycles. The molecule has 5 rings (SSSR count). The third kappa shape index (κ3) is 7.67. The van der Waals surface area contributed by atoms with Crippen molar-refractivity contribution in [1.29, 1.82) is 0 Å². The molecule has 0 N–H and O–H groups in total. The second kappa shape index (κ2) is 14.1. The molecule has 0 aromatic heterocycles. The van der Waals surface area contributed by atoms with Crippen molar-refractivity contribution in [3.8, 4) is 34.1 Å². The molecule has 248 valence electrons. The molecule has 0 spiro atoms. The van der Waals surface area contributed by atoms with Crippen molar-refractivity contribution in [2.75, 3.05) is 0 Å². The van der Waals surface area contributed by atoms with E-state index in [1.165, 1.54) is 18.1 Å². The molecule has 0 amide bonds. The van der Waals surface area contributed by atoms with Crippen molar-refractivity contribution >= 4 is 10.8 Å². The molecule has 0 atom stereocenters. The zero-order chi connectivity index (χ0) is 34.7. The summed E-state index contributed by atoms with van der Waals surface area (Å²) in [7, 11) is 0. The molecule has 0 saturated carbocycles. The maximum atomic E-state index is 15.2. The molecule has 0 aliphatic rings. The van der Waals surface area contributed by atoms with Crippen LogP contribution in [0.3, 0.4) is 0 Å². The highest BCUT2D eigenvalue weighted by Gasteiger charge is 2.24. The second-order valence-electron chi connectivity index (χ2n) is 11.4. The van der Waals surface area contributed by atoms with Crippen LogP contribution in [-0.4, -0.2) is 6.18 Å². The first-order valence-corrected chi connectivity index (χ1v) is 15.0. The van der Waals surface area contributed by atoms with Crippen molar-refractivity contribution in [1.82, 2.24) is 0 Å². The smallest absolute Gasteiger partial charge is 0.207 e. The largest absolute Gasteiger partial charge is 0.458 e.